The van der Waals surface area contributed by atoms with Gasteiger partial charge in [-0.1, -0.05) is 0 Å². The van der Waals surface area contributed by atoms with Crippen molar-refractivity contribution in [3.8, 4) is 0 Å². The van der Waals surface area contributed by atoms with Crippen molar-refractivity contribution in [2.24, 2.45) is 7.05 Å². The van der Waals surface area contributed by atoms with Crippen LogP contribution in [0.5, 0.6) is 0 Å². The fraction of sp³-hybridized carbons (Fsp3) is 0.0625. The van der Waals surface area contributed by atoms with Gasteiger partial charge in [0.1, 0.15) is 17.0 Å². The van der Waals surface area contributed by atoms with E-state index in [9.17, 15) is 14.0 Å². The van der Waals surface area contributed by atoms with Gasteiger partial charge < -0.3 is 4.42 Å². The second-order valence-corrected chi connectivity index (χ2v) is 4.77. The normalized spacial score (nSPS) is 11.4. The molecule has 2 aromatic heterocycles. The van der Waals surface area contributed by atoms with Crippen LogP contribution in [-0.4, -0.2) is 15.6 Å². The van der Waals surface area contributed by atoms with Crippen molar-refractivity contribution in [2.45, 2.75) is 0 Å². The number of aromatic nitrogens is 2. The maximum absolute atomic E-state index is 13.2. The van der Waals surface area contributed by atoms with Gasteiger partial charge in [0.05, 0.1) is 6.20 Å². The lowest BCUT2D eigenvalue weighted by molar-refractivity contribution is 0.104. The van der Waals surface area contributed by atoms with E-state index in [0.29, 0.717) is 5.39 Å². The minimum Gasteiger partial charge on any atom is -0.422 e. The molecule has 2 heterocycles. The van der Waals surface area contributed by atoms with Gasteiger partial charge >= 0.3 is 5.63 Å². The molecule has 0 atom stereocenters. The third kappa shape index (κ3) is 2.71. The Kier molecular flexibility index (Phi) is 3.42. The van der Waals surface area contributed by atoms with Crippen LogP contribution < -0.4 is 5.63 Å². The number of rotatable bonds is 3. The molecule has 0 saturated heterocycles. The van der Waals surface area contributed by atoms with Crippen molar-refractivity contribution >= 4 is 22.8 Å². The monoisotopic (exact) mass is 298 g/mol. The summed E-state index contributed by atoms with van der Waals surface area (Å²) >= 11 is 0. The molecular formula is C16H11FN2O3. The number of benzene rings is 1. The lowest BCUT2D eigenvalue weighted by Gasteiger charge is -1.99. The summed E-state index contributed by atoms with van der Waals surface area (Å²) in [5.74, 6) is -0.977. The maximum atomic E-state index is 13.2. The van der Waals surface area contributed by atoms with E-state index < -0.39 is 17.2 Å². The van der Waals surface area contributed by atoms with Crippen molar-refractivity contribution in [3.63, 3.8) is 0 Å². The van der Waals surface area contributed by atoms with E-state index in [4.69, 9.17) is 4.42 Å². The Morgan fingerprint density at radius 1 is 1.36 bits per heavy atom. The second kappa shape index (κ2) is 5.40. The molecule has 3 rings (SSSR count). The molecule has 0 bridgehead atoms. The number of hydrogen-bond donors (Lipinski definition) is 0. The molecule has 0 amide bonds. The van der Waals surface area contributed by atoms with Gasteiger partial charge in [0.25, 0.3) is 0 Å². The van der Waals surface area contributed by atoms with Gasteiger partial charge in [0.2, 0.25) is 0 Å². The maximum Gasteiger partial charge on any atom is 0.347 e. The van der Waals surface area contributed by atoms with E-state index in [-0.39, 0.29) is 11.1 Å². The summed E-state index contributed by atoms with van der Waals surface area (Å²) in [4.78, 5) is 23.9. The average molecular weight is 298 g/mol. The molecule has 22 heavy (non-hydrogen) atoms. The first kappa shape index (κ1) is 13.9. The summed E-state index contributed by atoms with van der Waals surface area (Å²) < 4.78 is 19.8. The second-order valence-electron chi connectivity index (χ2n) is 4.77. The fourth-order valence-electron chi connectivity index (χ4n) is 2.05. The highest BCUT2D eigenvalue weighted by Gasteiger charge is 2.11. The predicted molar refractivity (Wildman–Crippen MR) is 79.0 cm³/mol. The van der Waals surface area contributed by atoms with Crippen LogP contribution in [0.25, 0.3) is 17.0 Å². The SMILES string of the molecule is Cn1cc(C=CC(=O)c2cc3cc(F)ccc3oc2=O)cn1. The summed E-state index contributed by atoms with van der Waals surface area (Å²) in [5, 5.41) is 4.33. The van der Waals surface area contributed by atoms with Gasteiger partial charge in [-0.05, 0) is 36.4 Å². The van der Waals surface area contributed by atoms with E-state index in [1.165, 1.54) is 30.3 Å². The highest BCUT2D eigenvalue weighted by molar-refractivity contribution is 6.07. The summed E-state index contributed by atoms with van der Waals surface area (Å²) in [6.07, 6.45) is 6.11. The van der Waals surface area contributed by atoms with Crippen molar-refractivity contribution in [1.29, 1.82) is 0 Å². The standard InChI is InChI=1S/C16H11FN2O3/c1-19-9-10(8-18-19)2-4-14(20)13-7-11-6-12(17)3-5-15(11)22-16(13)21/h2-9H,1H3. The third-order valence-corrected chi connectivity index (χ3v) is 3.11. The molecule has 0 aliphatic heterocycles. The zero-order valence-electron chi connectivity index (χ0n) is 11.6. The average Bonchev–Trinajstić information content (AvgIpc) is 2.90. The number of hydrogen-bond acceptors (Lipinski definition) is 4. The van der Waals surface area contributed by atoms with Gasteiger partial charge in [-0.15, -0.1) is 0 Å². The largest absolute Gasteiger partial charge is 0.422 e. The van der Waals surface area contributed by atoms with Crippen LogP contribution in [0.2, 0.25) is 0 Å². The van der Waals surface area contributed by atoms with Gasteiger partial charge in [0.15, 0.2) is 5.78 Å². The number of fused-ring (bicyclic) bond motifs is 1. The molecule has 0 unspecified atom stereocenters. The van der Waals surface area contributed by atoms with E-state index in [1.807, 2.05) is 0 Å². The summed E-state index contributed by atoms with van der Waals surface area (Å²) in [5.41, 5.74) is 0.0736. The van der Waals surface area contributed by atoms with Gasteiger partial charge in [-0.3, -0.25) is 9.48 Å². The van der Waals surface area contributed by atoms with Crippen LogP contribution in [0, 0.1) is 5.82 Å². The number of nitrogens with zero attached hydrogens (tertiary/aromatic N) is 2. The number of aryl methyl sites for hydroxylation is 1. The van der Waals surface area contributed by atoms with Crippen molar-refractivity contribution in [3.05, 3.63) is 70.1 Å². The zero-order chi connectivity index (χ0) is 15.7. The predicted octanol–water partition coefficient (Wildman–Crippen LogP) is 2.56. The number of ketones is 1. The van der Waals surface area contributed by atoms with Gasteiger partial charge in [-0.2, -0.15) is 5.10 Å². The molecule has 6 heteroatoms. The first-order valence-corrected chi connectivity index (χ1v) is 6.47. The number of carbonyl (C=O) groups excluding carboxylic acids is 1. The number of halogens is 1. The molecule has 0 fully saturated rings. The van der Waals surface area contributed by atoms with Gasteiger partial charge in [-0.25, -0.2) is 9.18 Å². The van der Waals surface area contributed by atoms with E-state index in [2.05, 4.69) is 5.10 Å². The smallest absolute Gasteiger partial charge is 0.347 e. The first-order chi connectivity index (χ1) is 10.5. The molecule has 0 saturated carbocycles. The lowest BCUT2D eigenvalue weighted by atomic mass is 10.1. The number of allylic oxidation sites excluding steroid dienone is 1. The molecule has 110 valence electrons. The molecule has 5 nitrogen and oxygen atoms in total. The minimum absolute atomic E-state index is 0.141. The molecule has 0 aliphatic rings. The van der Waals surface area contributed by atoms with Crippen LogP contribution in [0.1, 0.15) is 15.9 Å². The fourth-order valence-corrected chi connectivity index (χ4v) is 2.05. The van der Waals surface area contributed by atoms with Crippen LogP contribution >= 0.6 is 0 Å². The minimum atomic E-state index is -0.750. The quantitative estimate of drug-likeness (QED) is 0.423. The van der Waals surface area contributed by atoms with Gasteiger partial charge in [0, 0.05) is 24.2 Å². The Balaban J connectivity index is 1.98. The van der Waals surface area contributed by atoms with Crippen LogP contribution in [0.15, 0.2) is 51.9 Å². The van der Waals surface area contributed by atoms with E-state index in [0.717, 1.165) is 5.56 Å². The summed E-state index contributed by atoms with van der Waals surface area (Å²) in [7, 11) is 1.76. The highest BCUT2D eigenvalue weighted by Crippen LogP contribution is 2.15. The van der Waals surface area contributed by atoms with Crippen molar-refractivity contribution < 1.29 is 13.6 Å². The molecule has 3 aromatic rings. The molecular weight excluding hydrogens is 287 g/mol. The van der Waals surface area contributed by atoms with Crippen LogP contribution in [0.4, 0.5) is 4.39 Å². The topological polar surface area (TPSA) is 65.1 Å². The molecule has 1 aromatic carbocycles. The third-order valence-electron chi connectivity index (χ3n) is 3.11. The van der Waals surface area contributed by atoms with E-state index >= 15 is 0 Å². The molecule has 0 aliphatic carbocycles. The van der Waals surface area contributed by atoms with Crippen molar-refractivity contribution in [2.75, 3.05) is 0 Å². The summed E-state index contributed by atoms with van der Waals surface area (Å²) in [6.45, 7) is 0. The number of carbonyl (C=O) groups is 1. The molecule has 0 N–H and O–H groups in total. The van der Waals surface area contributed by atoms with Crippen LogP contribution in [0.3, 0.4) is 0 Å². The Morgan fingerprint density at radius 2 is 2.18 bits per heavy atom. The highest BCUT2D eigenvalue weighted by atomic mass is 19.1. The molecule has 0 spiro atoms. The Labute approximate surface area is 124 Å². The first-order valence-electron chi connectivity index (χ1n) is 6.47. The zero-order valence-corrected chi connectivity index (χ0v) is 11.6. The Hall–Kier alpha value is -3.02. The van der Waals surface area contributed by atoms with E-state index in [1.54, 1.807) is 30.2 Å². The molecule has 0 radical (unpaired) electrons. The van der Waals surface area contributed by atoms with Crippen molar-refractivity contribution in [1.82, 2.24) is 9.78 Å². The Morgan fingerprint density at radius 3 is 2.91 bits per heavy atom. The summed E-state index contributed by atoms with van der Waals surface area (Å²) in [6, 6.07) is 5.08. The van der Waals surface area contributed by atoms with Crippen LogP contribution in [-0.2, 0) is 7.05 Å². The lowest BCUT2D eigenvalue weighted by Crippen LogP contribution is -2.11. The Bertz CT molecular complexity index is 953.